The molecule has 0 aliphatic heterocycles. The van der Waals surface area contributed by atoms with E-state index in [-0.39, 0.29) is 12.7 Å². The largest absolute Gasteiger partial charge is 0.450 e. The molecule has 0 rings (SSSR count). The minimum Gasteiger partial charge on any atom is -0.450 e. The van der Waals surface area contributed by atoms with Crippen molar-refractivity contribution in [1.29, 1.82) is 0 Å². The van der Waals surface area contributed by atoms with E-state index in [4.69, 9.17) is 11.5 Å². The smallest absolute Gasteiger partial charge is 0.307 e. The van der Waals surface area contributed by atoms with E-state index in [0.717, 1.165) is 25.8 Å². The van der Waals surface area contributed by atoms with Crippen molar-refractivity contribution in [1.82, 2.24) is 0 Å². The maximum absolute atomic E-state index is 10.9. The van der Waals surface area contributed by atoms with Crippen LogP contribution in [-0.2, 0) is 9.53 Å². The van der Waals surface area contributed by atoms with Crippen LogP contribution < -0.4 is 11.5 Å². The Morgan fingerprint density at radius 1 is 0.812 bits per heavy atom. The highest BCUT2D eigenvalue weighted by molar-refractivity contribution is 5.69. The Labute approximate surface area is 98.7 Å². The van der Waals surface area contributed by atoms with Crippen LogP contribution in [0.2, 0.25) is 0 Å². The number of ether oxygens (including phenoxy) is 1. The Kier molecular flexibility index (Phi) is 12.0. The second-order valence-corrected chi connectivity index (χ2v) is 4.05. The highest BCUT2D eigenvalue weighted by atomic mass is 16.5. The molecule has 0 bridgehead atoms. The summed E-state index contributed by atoms with van der Waals surface area (Å²) in [6, 6.07) is 0. The molecule has 0 aromatic rings. The van der Waals surface area contributed by atoms with Gasteiger partial charge in [-0.15, -0.1) is 0 Å². The van der Waals surface area contributed by atoms with Crippen LogP contribution in [0.4, 0.5) is 0 Å². The van der Waals surface area contributed by atoms with Gasteiger partial charge in [-0.1, -0.05) is 38.5 Å². The fraction of sp³-hybridized carbons (Fsp3) is 0.917. The van der Waals surface area contributed by atoms with Crippen molar-refractivity contribution in [2.75, 3.05) is 13.3 Å². The Hall–Kier alpha value is -0.610. The molecule has 0 spiro atoms. The maximum atomic E-state index is 10.9. The van der Waals surface area contributed by atoms with Crippen molar-refractivity contribution in [3.63, 3.8) is 0 Å². The van der Waals surface area contributed by atoms with Crippen LogP contribution in [0.3, 0.4) is 0 Å². The molecule has 16 heavy (non-hydrogen) atoms. The molecule has 0 heterocycles. The predicted octanol–water partition coefficient (Wildman–Crippen LogP) is 1.92. The van der Waals surface area contributed by atoms with Gasteiger partial charge in [-0.25, -0.2) is 0 Å². The normalized spacial score (nSPS) is 10.4. The van der Waals surface area contributed by atoms with Crippen LogP contribution in [0.15, 0.2) is 0 Å². The summed E-state index contributed by atoms with van der Waals surface area (Å²) in [5.74, 6) is -0.176. The lowest BCUT2D eigenvalue weighted by Gasteiger charge is -2.02. The third-order valence-corrected chi connectivity index (χ3v) is 2.58. The first-order chi connectivity index (χ1) is 7.81. The van der Waals surface area contributed by atoms with Gasteiger partial charge in [0, 0.05) is 6.42 Å². The van der Waals surface area contributed by atoms with Crippen molar-refractivity contribution >= 4 is 5.97 Å². The highest BCUT2D eigenvalue weighted by Crippen LogP contribution is 2.09. The van der Waals surface area contributed by atoms with E-state index in [9.17, 15) is 4.79 Å². The topological polar surface area (TPSA) is 78.3 Å². The molecule has 4 nitrogen and oxygen atoms in total. The molecule has 0 unspecified atom stereocenters. The van der Waals surface area contributed by atoms with E-state index in [2.05, 4.69) is 4.74 Å². The molecule has 0 aliphatic carbocycles. The van der Waals surface area contributed by atoms with Crippen molar-refractivity contribution < 1.29 is 9.53 Å². The van der Waals surface area contributed by atoms with E-state index in [1.165, 1.54) is 32.1 Å². The average molecular weight is 230 g/mol. The molecule has 4 N–H and O–H groups in total. The van der Waals surface area contributed by atoms with E-state index in [1.807, 2.05) is 0 Å². The van der Waals surface area contributed by atoms with Gasteiger partial charge >= 0.3 is 5.97 Å². The zero-order chi connectivity index (χ0) is 12.1. The third kappa shape index (κ3) is 11.5. The summed E-state index contributed by atoms with van der Waals surface area (Å²) in [4.78, 5) is 10.9. The minimum absolute atomic E-state index is 0.0000236. The number of rotatable bonds is 11. The molecule has 0 atom stereocenters. The lowest BCUT2D eigenvalue weighted by molar-refractivity contribution is -0.143. The summed E-state index contributed by atoms with van der Waals surface area (Å²) >= 11 is 0. The summed E-state index contributed by atoms with van der Waals surface area (Å²) in [5.41, 5.74) is 10.5. The summed E-state index contributed by atoms with van der Waals surface area (Å²) in [5, 5.41) is 0. The van der Waals surface area contributed by atoms with Gasteiger partial charge in [0.1, 0.15) is 6.73 Å². The number of nitrogens with two attached hydrogens (primary N) is 2. The van der Waals surface area contributed by atoms with Crippen LogP contribution in [0, 0.1) is 0 Å². The van der Waals surface area contributed by atoms with Gasteiger partial charge in [-0.3, -0.25) is 10.5 Å². The molecule has 4 heteroatoms. The lowest BCUT2D eigenvalue weighted by Crippen LogP contribution is -2.11. The summed E-state index contributed by atoms with van der Waals surface area (Å²) in [6.45, 7) is 0.809. The summed E-state index contributed by atoms with van der Waals surface area (Å²) < 4.78 is 4.64. The molecule has 0 aromatic heterocycles. The Balaban J connectivity index is 3.01. The fourth-order valence-electron chi connectivity index (χ4n) is 1.64. The highest BCUT2D eigenvalue weighted by Gasteiger charge is 2.00. The van der Waals surface area contributed by atoms with E-state index in [0.29, 0.717) is 6.42 Å². The van der Waals surface area contributed by atoms with E-state index >= 15 is 0 Å². The van der Waals surface area contributed by atoms with E-state index < -0.39 is 0 Å². The second kappa shape index (κ2) is 12.5. The van der Waals surface area contributed by atoms with Gasteiger partial charge < -0.3 is 10.5 Å². The van der Waals surface area contributed by atoms with Crippen LogP contribution in [0.1, 0.15) is 57.8 Å². The van der Waals surface area contributed by atoms with Crippen LogP contribution in [0.25, 0.3) is 0 Å². The number of carbonyl (C=O) groups is 1. The SMILES string of the molecule is NCCCCCCCCCCC(=O)OCN. The number of carbonyl (C=O) groups excluding carboxylic acids is 1. The number of hydrogen-bond acceptors (Lipinski definition) is 4. The standard InChI is InChI=1S/C12H26N2O2/c13-10-8-6-4-2-1-3-5-7-9-12(15)16-11-14/h1-11,13-14H2. The Morgan fingerprint density at radius 2 is 1.31 bits per heavy atom. The number of esters is 1. The molecule has 0 radical (unpaired) electrons. The summed E-state index contributed by atoms with van der Waals surface area (Å²) in [6.07, 6.45) is 9.96. The average Bonchev–Trinajstić information content (AvgIpc) is 2.27. The fourth-order valence-corrected chi connectivity index (χ4v) is 1.64. The van der Waals surface area contributed by atoms with Crippen molar-refractivity contribution in [2.24, 2.45) is 11.5 Å². The third-order valence-electron chi connectivity index (χ3n) is 2.58. The van der Waals surface area contributed by atoms with Crippen molar-refractivity contribution in [2.45, 2.75) is 57.8 Å². The van der Waals surface area contributed by atoms with Crippen molar-refractivity contribution in [3.8, 4) is 0 Å². The molecule has 0 aromatic carbocycles. The molecule has 0 saturated carbocycles. The van der Waals surface area contributed by atoms with Crippen LogP contribution in [-0.4, -0.2) is 19.2 Å². The summed E-state index contributed by atoms with van der Waals surface area (Å²) in [7, 11) is 0. The quantitative estimate of drug-likeness (QED) is 0.323. The zero-order valence-corrected chi connectivity index (χ0v) is 10.2. The first kappa shape index (κ1) is 15.4. The molecule has 0 aliphatic rings. The molecule has 0 amide bonds. The van der Waals surface area contributed by atoms with Crippen LogP contribution >= 0.6 is 0 Å². The first-order valence-electron chi connectivity index (χ1n) is 6.37. The van der Waals surface area contributed by atoms with Gasteiger partial charge in [0.15, 0.2) is 0 Å². The van der Waals surface area contributed by atoms with Gasteiger partial charge in [-0.2, -0.15) is 0 Å². The van der Waals surface area contributed by atoms with Gasteiger partial charge in [-0.05, 0) is 19.4 Å². The molecule has 96 valence electrons. The van der Waals surface area contributed by atoms with Gasteiger partial charge in [0.05, 0.1) is 0 Å². The van der Waals surface area contributed by atoms with Gasteiger partial charge in [0.2, 0.25) is 0 Å². The minimum atomic E-state index is -0.176. The lowest BCUT2D eigenvalue weighted by atomic mass is 10.1. The molecular formula is C12H26N2O2. The number of hydrogen-bond donors (Lipinski definition) is 2. The van der Waals surface area contributed by atoms with Gasteiger partial charge in [0.25, 0.3) is 0 Å². The Bertz CT molecular complexity index is 163. The Morgan fingerprint density at radius 3 is 1.81 bits per heavy atom. The predicted molar refractivity (Wildman–Crippen MR) is 65.8 cm³/mol. The first-order valence-corrected chi connectivity index (χ1v) is 6.37. The van der Waals surface area contributed by atoms with Crippen molar-refractivity contribution in [3.05, 3.63) is 0 Å². The number of unbranched alkanes of at least 4 members (excludes halogenated alkanes) is 7. The molecule has 0 fully saturated rings. The molecule has 0 saturated heterocycles. The monoisotopic (exact) mass is 230 g/mol. The zero-order valence-electron chi connectivity index (χ0n) is 10.2. The van der Waals surface area contributed by atoms with E-state index in [1.54, 1.807) is 0 Å². The van der Waals surface area contributed by atoms with Crippen LogP contribution in [0.5, 0.6) is 0 Å². The maximum Gasteiger partial charge on any atom is 0.307 e. The molecular weight excluding hydrogens is 204 g/mol. The second-order valence-electron chi connectivity index (χ2n) is 4.05.